The van der Waals surface area contributed by atoms with Crippen LogP contribution in [0.3, 0.4) is 0 Å². The van der Waals surface area contributed by atoms with Crippen molar-refractivity contribution in [1.29, 1.82) is 0 Å². The summed E-state index contributed by atoms with van der Waals surface area (Å²) in [7, 11) is 1.94. The number of hydrogen-bond donors (Lipinski definition) is 0. The second kappa shape index (κ2) is 8.33. The van der Waals surface area contributed by atoms with E-state index in [1.54, 1.807) is 18.5 Å². The van der Waals surface area contributed by atoms with Crippen LogP contribution >= 0.6 is 0 Å². The van der Waals surface area contributed by atoms with Crippen molar-refractivity contribution in [1.82, 2.24) is 9.88 Å². The van der Waals surface area contributed by atoms with E-state index < -0.39 is 0 Å². The van der Waals surface area contributed by atoms with Gasteiger partial charge in [-0.2, -0.15) is 0 Å². The zero-order chi connectivity index (χ0) is 21.3. The average Bonchev–Trinajstić information content (AvgIpc) is 3.27. The molecule has 2 aromatic carbocycles. The Kier molecular flexibility index (Phi) is 5.39. The molecule has 5 rings (SSSR count). The number of amides is 1. The van der Waals surface area contributed by atoms with Gasteiger partial charge < -0.3 is 9.64 Å². The number of benzene rings is 2. The fourth-order valence-corrected chi connectivity index (χ4v) is 5.62. The second-order valence-corrected chi connectivity index (χ2v) is 9.31. The first-order valence-corrected chi connectivity index (χ1v) is 11.5. The van der Waals surface area contributed by atoms with E-state index in [0.29, 0.717) is 22.8 Å². The molecule has 0 aliphatic heterocycles. The maximum Gasteiger partial charge on any atom is 0.259 e. The Bertz CT molecular complexity index is 1070. The highest BCUT2D eigenvalue weighted by molar-refractivity contribution is 5.97. The van der Waals surface area contributed by atoms with Crippen molar-refractivity contribution < 1.29 is 9.53 Å². The third-order valence-corrected chi connectivity index (χ3v) is 7.53. The summed E-state index contributed by atoms with van der Waals surface area (Å²) in [4.78, 5) is 19.6. The zero-order valence-electron chi connectivity index (χ0n) is 18.2. The Morgan fingerprint density at radius 3 is 2.52 bits per heavy atom. The Labute approximate surface area is 184 Å². The average molecular weight is 415 g/mol. The van der Waals surface area contributed by atoms with Crippen LogP contribution < -0.4 is 4.74 Å². The second-order valence-electron chi connectivity index (χ2n) is 9.31. The summed E-state index contributed by atoms with van der Waals surface area (Å²) in [5.41, 5.74) is 1.09. The maximum absolute atomic E-state index is 13.4. The molecule has 0 unspecified atom stereocenters. The highest BCUT2D eigenvalue weighted by Gasteiger charge is 2.39. The maximum atomic E-state index is 13.4. The van der Waals surface area contributed by atoms with E-state index in [2.05, 4.69) is 17.1 Å². The number of pyridine rings is 1. The van der Waals surface area contributed by atoms with Gasteiger partial charge >= 0.3 is 0 Å². The standard InChI is InChI=1S/C27H30N2O2/c1-29(21-11-16-27(17-12-21)14-4-5-15-27)26(30)23-19-28-18-13-25(23)31-24-10-6-8-20-7-2-3-9-22(20)24/h2-3,6-10,13,18-19,21H,4-5,11-12,14-17H2,1H3. The van der Waals surface area contributed by atoms with E-state index in [4.69, 9.17) is 4.74 Å². The molecule has 31 heavy (non-hydrogen) atoms. The predicted octanol–water partition coefficient (Wildman–Crippen LogP) is 6.60. The molecule has 1 heterocycles. The van der Waals surface area contributed by atoms with Crippen LogP contribution in [0.4, 0.5) is 0 Å². The van der Waals surface area contributed by atoms with Crippen molar-refractivity contribution >= 4 is 16.7 Å². The van der Waals surface area contributed by atoms with E-state index >= 15 is 0 Å². The predicted molar refractivity (Wildman–Crippen MR) is 124 cm³/mol. The summed E-state index contributed by atoms with van der Waals surface area (Å²) < 4.78 is 6.27. The lowest BCUT2D eigenvalue weighted by Gasteiger charge is -2.40. The molecule has 0 N–H and O–H groups in total. The number of carbonyl (C=O) groups excluding carboxylic acids is 1. The van der Waals surface area contributed by atoms with Gasteiger partial charge in [0.25, 0.3) is 5.91 Å². The quantitative estimate of drug-likeness (QED) is 0.483. The summed E-state index contributed by atoms with van der Waals surface area (Å²) in [6.45, 7) is 0. The molecule has 4 heteroatoms. The first-order valence-electron chi connectivity index (χ1n) is 11.5. The molecule has 0 saturated heterocycles. The molecule has 1 aromatic heterocycles. The number of rotatable bonds is 4. The molecule has 0 atom stereocenters. The minimum absolute atomic E-state index is 0.00397. The lowest BCUT2D eigenvalue weighted by molar-refractivity contribution is 0.0603. The molecule has 2 aliphatic rings. The fourth-order valence-electron chi connectivity index (χ4n) is 5.62. The molecule has 1 amide bonds. The lowest BCUT2D eigenvalue weighted by atomic mass is 9.71. The number of carbonyl (C=O) groups is 1. The highest BCUT2D eigenvalue weighted by atomic mass is 16.5. The van der Waals surface area contributed by atoms with Gasteiger partial charge in [0.05, 0.1) is 0 Å². The van der Waals surface area contributed by atoms with Crippen LogP contribution in [0.1, 0.15) is 61.7 Å². The van der Waals surface area contributed by atoms with Crippen LogP contribution in [0, 0.1) is 5.41 Å². The first-order chi connectivity index (χ1) is 15.2. The number of nitrogens with zero attached hydrogens (tertiary/aromatic N) is 2. The smallest absolute Gasteiger partial charge is 0.259 e. The van der Waals surface area contributed by atoms with E-state index in [1.165, 1.54) is 38.5 Å². The van der Waals surface area contributed by atoms with Gasteiger partial charge in [0.1, 0.15) is 17.1 Å². The van der Waals surface area contributed by atoms with Crippen LogP contribution in [0.5, 0.6) is 11.5 Å². The van der Waals surface area contributed by atoms with Gasteiger partial charge in [-0.1, -0.05) is 49.2 Å². The van der Waals surface area contributed by atoms with E-state index in [9.17, 15) is 4.79 Å². The van der Waals surface area contributed by atoms with E-state index in [-0.39, 0.29) is 5.91 Å². The molecule has 0 bridgehead atoms. The Morgan fingerprint density at radius 2 is 1.71 bits per heavy atom. The number of aromatic nitrogens is 1. The van der Waals surface area contributed by atoms with Crippen molar-refractivity contribution in [2.75, 3.05) is 7.05 Å². The molecule has 3 aromatic rings. The van der Waals surface area contributed by atoms with Crippen LogP contribution in [-0.4, -0.2) is 28.9 Å². The molecule has 0 radical (unpaired) electrons. The number of ether oxygens (including phenoxy) is 1. The molecule has 4 nitrogen and oxygen atoms in total. The van der Waals surface area contributed by atoms with Crippen molar-refractivity contribution in [3.8, 4) is 11.5 Å². The monoisotopic (exact) mass is 414 g/mol. The molecular weight excluding hydrogens is 384 g/mol. The number of hydrogen-bond acceptors (Lipinski definition) is 3. The summed E-state index contributed by atoms with van der Waals surface area (Å²) >= 11 is 0. The van der Waals surface area contributed by atoms with Crippen LogP contribution in [-0.2, 0) is 0 Å². The van der Waals surface area contributed by atoms with Crippen molar-refractivity contribution in [3.63, 3.8) is 0 Å². The van der Waals surface area contributed by atoms with Crippen LogP contribution in [0.25, 0.3) is 10.8 Å². The Balaban J connectivity index is 1.35. The van der Waals surface area contributed by atoms with Gasteiger partial charge in [-0.05, 0) is 61.5 Å². The topological polar surface area (TPSA) is 42.4 Å². The molecule has 1 spiro atoms. The van der Waals surface area contributed by atoms with Crippen LogP contribution in [0.15, 0.2) is 60.9 Å². The summed E-state index contributed by atoms with van der Waals surface area (Å²) in [5.74, 6) is 1.31. The molecule has 2 saturated carbocycles. The lowest BCUT2D eigenvalue weighted by Crippen LogP contribution is -2.41. The summed E-state index contributed by atoms with van der Waals surface area (Å²) in [5, 5.41) is 2.14. The fraction of sp³-hybridized carbons (Fsp3) is 0.407. The highest BCUT2D eigenvalue weighted by Crippen LogP contribution is 2.49. The van der Waals surface area contributed by atoms with Crippen molar-refractivity contribution in [2.24, 2.45) is 5.41 Å². The summed E-state index contributed by atoms with van der Waals surface area (Å²) in [6.07, 6.45) is 13.5. The molecule has 2 fully saturated rings. The molecular formula is C27H30N2O2. The molecule has 160 valence electrons. The minimum Gasteiger partial charge on any atom is -0.456 e. The third kappa shape index (κ3) is 3.91. The normalized spacial score (nSPS) is 18.4. The van der Waals surface area contributed by atoms with Crippen molar-refractivity contribution in [2.45, 2.75) is 57.4 Å². The van der Waals surface area contributed by atoms with Gasteiger partial charge in [0, 0.05) is 30.9 Å². The Morgan fingerprint density at radius 1 is 0.968 bits per heavy atom. The van der Waals surface area contributed by atoms with Crippen LogP contribution in [0.2, 0.25) is 0 Å². The van der Waals surface area contributed by atoms with Gasteiger partial charge in [0.15, 0.2) is 0 Å². The SMILES string of the molecule is CN(C(=O)c1cnccc1Oc1cccc2ccccc12)C1CCC2(CCCC2)CC1. The van der Waals surface area contributed by atoms with Gasteiger partial charge in [-0.15, -0.1) is 0 Å². The largest absolute Gasteiger partial charge is 0.456 e. The van der Waals surface area contributed by atoms with Gasteiger partial charge in [-0.3, -0.25) is 9.78 Å². The number of fused-ring (bicyclic) bond motifs is 1. The Hall–Kier alpha value is -2.88. The van der Waals surface area contributed by atoms with Gasteiger partial charge in [0.2, 0.25) is 0 Å². The molecule has 2 aliphatic carbocycles. The zero-order valence-corrected chi connectivity index (χ0v) is 18.2. The third-order valence-electron chi connectivity index (χ3n) is 7.53. The van der Waals surface area contributed by atoms with E-state index in [0.717, 1.165) is 29.4 Å². The van der Waals surface area contributed by atoms with Crippen molar-refractivity contribution in [3.05, 3.63) is 66.5 Å². The minimum atomic E-state index is -0.00397. The van der Waals surface area contributed by atoms with Gasteiger partial charge in [-0.25, -0.2) is 0 Å². The van der Waals surface area contributed by atoms with E-state index in [1.807, 2.05) is 42.3 Å². The first kappa shape index (κ1) is 20.0. The summed E-state index contributed by atoms with van der Waals surface area (Å²) in [6, 6.07) is 16.2.